The second-order valence-electron chi connectivity index (χ2n) is 4.64. The van der Waals surface area contributed by atoms with Gasteiger partial charge < -0.3 is 9.84 Å². The number of hydrogen-bond acceptors (Lipinski definition) is 4. The van der Waals surface area contributed by atoms with Crippen LogP contribution in [0.3, 0.4) is 0 Å². The van der Waals surface area contributed by atoms with E-state index in [2.05, 4.69) is 10.2 Å². The number of phenolic OH excluding ortho intramolecular Hbond substituents is 1. The van der Waals surface area contributed by atoms with Gasteiger partial charge in [-0.2, -0.15) is 5.10 Å². The molecule has 0 saturated carbocycles. The largest absolute Gasteiger partial charge is 0.508 e. The molecule has 0 aliphatic carbocycles. The lowest BCUT2D eigenvalue weighted by atomic mass is 10.2. The summed E-state index contributed by atoms with van der Waals surface area (Å²) < 4.78 is 8.19. The van der Waals surface area contributed by atoms with E-state index < -0.39 is 0 Å². The highest BCUT2D eigenvalue weighted by molar-refractivity contribution is 7.71. The van der Waals surface area contributed by atoms with Gasteiger partial charge in [-0.05, 0) is 49.3 Å². The fraction of sp³-hybridized carbons (Fsp3) is 0.385. The zero-order valence-corrected chi connectivity index (χ0v) is 11.2. The molecule has 1 atom stereocenters. The highest BCUT2D eigenvalue weighted by Crippen LogP contribution is 2.22. The predicted molar refractivity (Wildman–Crippen MR) is 73.5 cm³/mol. The van der Waals surface area contributed by atoms with Gasteiger partial charge in [0.05, 0.1) is 12.6 Å². The van der Waals surface area contributed by atoms with Crippen LogP contribution in [0.5, 0.6) is 5.75 Å². The Labute approximate surface area is 115 Å². The Balaban J connectivity index is 1.93. The second kappa shape index (κ2) is 5.14. The van der Waals surface area contributed by atoms with Crippen LogP contribution in [0.15, 0.2) is 24.3 Å². The Kier molecular flexibility index (Phi) is 3.35. The van der Waals surface area contributed by atoms with Gasteiger partial charge in [0.25, 0.3) is 0 Å². The molecule has 0 radical (unpaired) electrons. The number of aromatic hydroxyl groups is 1. The van der Waals surface area contributed by atoms with E-state index in [0.29, 0.717) is 11.3 Å². The number of phenols is 1. The normalized spacial score (nSPS) is 18.8. The van der Waals surface area contributed by atoms with Gasteiger partial charge >= 0.3 is 0 Å². The summed E-state index contributed by atoms with van der Waals surface area (Å²) in [7, 11) is 0. The molecule has 1 aliphatic heterocycles. The number of aromatic amines is 1. The standard InChI is InChI=1S/C13H15N3O2S/c17-10-5-3-9(4-6-10)12-14-15-13(19)16(12)8-11-2-1-7-18-11/h3-6,11,17H,1-2,7-8H2,(H,15,19)/t11-/m0/s1. The van der Waals surface area contributed by atoms with E-state index in [-0.39, 0.29) is 11.9 Å². The summed E-state index contributed by atoms with van der Waals surface area (Å²) in [4.78, 5) is 0. The van der Waals surface area contributed by atoms with E-state index >= 15 is 0 Å². The summed E-state index contributed by atoms with van der Waals surface area (Å²) in [6, 6.07) is 6.94. The highest BCUT2D eigenvalue weighted by Gasteiger charge is 2.19. The first-order valence-electron chi connectivity index (χ1n) is 6.30. The predicted octanol–water partition coefficient (Wildman–Crippen LogP) is 2.49. The monoisotopic (exact) mass is 277 g/mol. The van der Waals surface area contributed by atoms with E-state index in [9.17, 15) is 5.11 Å². The van der Waals surface area contributed by atoms with Crippen molar-refractivity contribution in [3.8, 4) is 17.1 Å². The summed E-state index contributed by atoms with van der Waals surface area (Å²) >= 11 is 5.27. The van der Waals surface area contributed by atoms with Crippen molar-refractivity contribution >= 4 is 12.2 Å². The smallest absolute Gasteiger partial charge is 0.195 e. The maximum absolute atomic E-state index is 9.33. The molecule has 0 unspecified atom stereocenters. The molecular weight excluding hydrogens is 262 g/mol. The van der Waals surface area contributed by atoms with Crippen LogP contribution >= 0.6 is 12.2 Å². The van der Waals surface area contributed by atoms with Crippen molar-refractivity contribution in [1.29, 1.82) is 0 Å². The van der Waals surface area contributed by atoms with Crippen molar-refractivity contribution in [2.75, 3.05) is 6.61 Å². The number of rotatable bonds is 3. The van der Waals surface area contributed by atoms with Crippen LogP contribution in [0.4, 0.5) is 0 Å². The molecule has 0 amide bonds. The van der Waals surface area contributed by atoms with Gasteiger partial charge in [-0.25, -0.2) is 0 Å². The summed E-state index contributed by atoms with van der Waals surface area (Å²) in [5.74, 6) is 1.02. The van der Waals surface area contributed by atoms with Gasteiger partial charge in [-0.3, -0.25) is 9.67 Å². The van der Waals surface area contributed by atoms with Crippen LogP contribution in [0, 0.1) is 4.77 Å². The lowest BCUT2D eigenvalue weighted by Gasteiger charge is -2.12. The van der Waals surface area contributed by atoms with Crippen molar-refractivity contribution in [2.45, 2.75) is 25.5 Å². The summed E-state index contributed by atoms with van der Waals surface area (Å²) in [5.41, 5.74) is 0.920. The number of H-pyrrole nitrogens is 1. The molecular formula is C13H15N3O2S. The summed E-state index contributed by atoms with van der Waals surface area (Å²) in [6.45, 7) is 1.54. The van der Waals surface area contributed by atoms with Crippen LogP contribution in [-0.2, 0) is 11.3 Å². The van der Waals surface area contributed by atoms with Crippen molar-refractivity contribution in [1.82, 2.24) is 14.8 Å². The number of nitrogens with zero attached hydrogens (tertiary/aromatic N) is 2. The lowest BCUT2D eigenvalue weighted by molar-refractivity contribution is 0.0970. The van der Waals surface area contributed by atoms with Crippen LogP contribution in [-0.4, -0.2) is 32.6 Å². The first-order valence-corrected chi connectivity index (χ1v) is 6.71. The number of nitrogens with one attached hydrogen (secondary N) is 1. The molecule has 1 fully saturated rings. The minimum absolute atomic E-state index is 0.208. The Hall–Kier alpha value is -1.66. The number of ether oxygens (including phenoxy) is 1. The molecule has 1 saturated heterocycles. The molecule has 5 nitrogen and oxygen atoms in total. The van der Waals surface area contributed by atoms with Gasteiger partial charge in [0.15, 0.2) is 10.6 Å². The van der Waals surface area contributed by atoms with Gasteiger partial charge in [-0.1, -0.05) is 0 Å². The Morgan fingerprint density at radius 3 is 2.89 bits per heavy atom. The van der Waals surface area contributed by atoms with E-state index in [1.807, 2.05) is 16.7 Å². The van der Waals surface area contributed by atoms with E-state index in [1.165, 1.54) is 0 Å². The number of aromatic nitrogens is 3. The summed E-state index contributed by atoms with van der Waals surface area (Å²) in [5, 5.41) is 16.4. The highest BCUT2D eigenvalue weighted by atomic mass is 32.1. The Morgan fingerprint density at radius 1 is 1.42 bits per heavy atom. The van der Waals surface area contributed by atoms with Crippen molar-refractivity contribution in [2.24, 2.45) is 0 Å². The minimum Gasteiger partial charge on any atom is -0.508 e. The molecule has 19 heavy (non-hydrogen) atoms. The minimum atomic E-state index is 0.208. The maximum Gasteiger partial charge on any atom is 0.195 e. The molecule has 100 valence electrons. The quantitative estimate of drug-likeness (QED) is 0.846. The van der Waals surface area contributed by atoms with Gasteiger partial charge in [0.1, 0.15) is 5.75 Å². The van der Waals surface area contributed by atoms with Crippen molar-refractivity contribution < 1.29 is 9.84 Å². The molecule has 1 aromatic carbocycles. The maximum atomic E-state index is 9.33. The van der Waals surface area contributed by atoms with Crippen molar-refractivity contribution in [3.05, 3.63) is 29.0 Å². The second-order valence-corrected chi connectivity index (χ2v) is 5.03. The number of benzene rings is 1. The van der Waals surface area contributed by atoms with E-state index in [1.54, 1.807) is 12.1 Å². The SMILES string of the molecule is Oc1ccc(-c2n[nH]c(=S)n2C[C@@H]2CCCO2)cc1. The zero-order chi connectivity index (χ0) is 13.2. The Bertz CT molecular complexity index is 612. The van der Waals surface area contributed by atoms with E-state index in [4.69, 9.17) is 17.0 Å². The molecule has 2 N–H and O–H groups in total. The average molecular weight is 277 g/mol. The van der Waals surface area contributed by atoms with E-state index in [0.717, 1.165) is 30.8 Å². The molecule has 0 bridgehead atoms. The third kappa shape index (κ3) is 2.54. The first-order chi connectivity index (χ1) is 9.24. The Morgan fingerprint density at radius 2 is 2.21 bits per heavy atom. The molecule has 3 rings (SSSR count). The third-order valence-electron chi connectivity index (χ3n) is 3.29. The fourth-order valence-corrected chi connectivity index (χ4v) is 2.52. The topological polar surface area (TPSA) is 63.1 Å². The van der Waals surface area contributed by atoms with Crippen LogP contribution in [0.2, 0.25) is 0 Å². The molecule has 1 aliphatic rings. The first kappa shape index (κ1) is 12.4. The van der Waals surface area contributed by atoms with Gasteiger partial charge in [0.2, 0.25) is 0 Å². The third-order valence-corrected chi connectivity index (χ3v) is 3.61. The number of hydrogen-bond donors (Lipinski definition) is 2. The van der Waals surface area contributed by atoms with Crippen LogP contribution < -0.4 is 0 Å². The average Bonchev–Trinajstić information content (AvgIpc) is 3.03. The molecule has 2 aromatic rings. The lowest BCUT2D eigenvalue weighted by Crippen LogP contribution is -2.15. The molecule has 0 spiro atoms. The molecule has 2 heterocycles. The van der Waals surface area contributed by atoms with Crippen molar-refractivity contribution in [3.63, 3.8) is 0 Å². The molecule has 1 aromatic heterocycles. The van der Waals surface area contributed by atoms with Crippen LogP contribution in [0.1, 0.15) is 12.8 Å². The zero-order valence-electron chi connectivity index (χ0n) is 10.4. The van der Waals surface area contributed by atoms with Crippen LogP contribution in [0.25, 0.3) is 11.4 Å². The molecule has 6 heteroatoms. The van der Waals surface area contributed by atoms with Gasteiger partial charge in [0, 0.05) is 12.2 Å². The fourth-order valence-electron chi connectivity index (χ4n) is 2.31. The van der Waals surface area contributed by atoms with Gasteiger partial charge in [-0.15, -0.1) is 0 Å². The summed E-state index contributed by atoms with van der Waals surface area (Å²) in [6.07, 6.45) is 2.37.